The molecule has 0 aliphatic heterocycles. The number of hydrogen-bond acceptors (Lipinski definition) is 9. The number of nitrogens with one attached hydrogen (secondary N) is 1. The van der Waals surface area contributed by atoms with Gasteiger partial charge in [-0.1, -0.05) is 0 Å². The van der Waals surface area contributed by atoms with Crippen molar-refractivity contribution in [1.82, 2.24) is 39.7 Å². The lowest BCUT2D eigenvalue weighted by molar-refractivity contribution is 0.0577. The van der Waals surface area contributed by atoms with E-state index >= 15 is 0 Å². The maximum Gasteiger partial charge on any atom is 0.245 e. The molecule has 11 nitrogen and oxygen atoms in total. The summed E-state index contributed by atoms with van der Waals surface area (Å²) in [5.74, 6) is 1.20. The van der Waals surface area contributed by atoms with Crippen molar-refractivity contribution in [1.29, 1.82) is 0 Å². The molecule has 0 fully saturated rings. The molecule has 4 N–H and O–H groups in total. The molecule has 0 unspecified atom stereocenters. The predicted molar refractivity (Wildman–Crippen MR) is 104 cm³/mol. The van der Waals surface area contributed by atoms with Gasteiger partial charge >= 0.3 is 0 Å². The number of nitrogens with zero attached hydrogens (tertiary/aromatic N) is 7. The van der Waals surface area contributed by atoms with Gasteiger partial charge in [0, 0.05) is 23.9 Å². The average Bonchev–Trinajstić information content (AvgIpc) is 3.37. The molecule has 0 amide bonds. The van der Waals surface area contributed by atoms with Gasteiger partial charge in [0.15, 0.2) is 11.5 Å². The van der Waals surface area contributed by atoms with Crippen LogP contribution in [-0.4, -0.2) is 45.1 Å². The van der Waals surface area contributed by atoms with Gasteiger partial charge in [-0.2, -0.15) is 9.61 Å². The first kappa shape index (κ1) is 19.0. The van der Waals surface area contributed by atoms with Crippen molar-refractivity contribution in [3.8, 4) is 11.6 Å². The highest BCUT2D eigenvalue weighted by Gasteiger charge is 2.18. The molecule has 0 aromatic carbocycles. The molecule has 4 aromatic heterocycles. The molecule has 0 saturated heterocycles. The van der Waals surface area contributed by atoms with Crippen molar-refractivity contribution in [2.45, 2.75) is 46.0 Å². The number of fused-ring (bicyclic) bond motifs is 1. The topological polar surface area (TPSA) is 145 Å². The molecular formula is C18H23N9O2. The van der Waals surface area contributed by atoms with Crippen LogP contribution in [0.2, 0.25) is 0 Å². The smallest absolute Gasteiger partial charge is 0.245 e. The van der Waals surface area contributed by atoms with Gasteiger partial charge in [0.05, 0.1) is 31.1 Å². The van der Waals surface area contributed by atoms with Crippen LogP contribution < -0.4 is 11.1 Å². The van der Waals surface area contributed by atoms with E-state index in [1.807, 2.05) is 13.1 Å². The zero-order valence-electron chi connectivity index (χ0n) is 16.5. The number of anilines is 1. The number of nitrogens with two attached hydrogens (primary N) is 1. The fourth-order valence-corrected chi connectivity index (χ4v) is 3.03. The monoisotopic (exact) mass is 397 g/mol. The minimum absolute atomic E-state index is 0.213. The van der Waals surface area contributed by atoms with Gasteiger partial charge in [-0.15, -0.1) is 5.10 Å². The van der Waals surface area contributed by atoms with E-state index in [4.69, 9.17) is 10.2 Å². The van der Waals surface area contributed by atoms with Crippen LogP contribution in [0.3, 0.4) is 0 Å². The summed E-state index contributed by atoms with van der Waals surface area (Å²) in [6, 6.07) is 0. The zero-order valence-corrected chi connectivity index (χ0v) is 16.5. The molecule has 4 rings (SSSR count). The molecular weight excluding hydrogens is 374 g/mol. The largest absolute Gasteiger partial charge is 0.443 e. The van der Waals surface area contributed by atoms with Crippen molar-refractivity contribution in [3.63, 3.8) is 0 Å². The molecule has 0 aliphatic rings. The number of oxazole rings is 1. The molecule has 29 heavy (non-hydrogen) atoms. The number of hydrogen-bond donors (Lipinski definition) is 3. The summed E-state index contributed by atoms with van der Waals surface area (Å²) < 4.78 is 8.57. The van der Waals surface area contributed by atoms with Gasteiger partial charge in [0.1, 0.15) is 12.0 Å². The Labute approximate surface area is 166 Å². The van der Waals surface area contributed by atoms with Gasteiger partial charge in [0.25, 0.3) is 0 Å². The van der Waals surface area contributed by atoms with Crippen molar-refractivity contribution in [2.75, 3.05) is 5.73 Å². The van der Waals surface area contributed by atoms with Crippen LogP contribution in [0.25, 0.3) is 17.2 Å². The van der Waals surface area contributed by atoms with Crippen molar-refractivity contribution in [3.05, 3.63) is 41.8 Å². The third kappa shape index (κ3) is 4.10. The Kier molecular flexibility index (Phi) is 4.76. The maximum absolute atomic E-state index is 9.88. The Balaban J connectivity index is 1.47. The molecule has 0 aliphatic carbocycles. The fourth-order valence-electron chi connectivity index (χ4n) is 3.03. The van der Waals surface area contributed by atoms with Crippen molar-refractivity contribution < 1.29 is 9.52 Å². The van der Waals surface area contributed by atoms with Crippen molar-refractivity contribution >= 4 is 11.6 Å². The van der Waals surface area contributed by atoms with Crippen molar-refractivity contribution in [2.24, 2.45) is 0 Å². The first-order valence-electron chi connectivity index (χ1n) is 9.16. The lowest BCUT2D eigenvalue weighted by atomic mass is 10.1. The van der Waals surface area contributed by atoms with Crippen LogP contribution in [0.4, 0.5) is 5.95 Å². The van der Waals surface area contributed by atoms with E-state index in [-0.39, 0.29) is 5.95 Å². The average molecular weight is 397 g/mol. The number of rotatable bonds is 7. The van der Waals surface area contributed by atoms with E-state index in [1.54, 1.807) is 30.9 Å². The number of aliphatic hydroxyl groups is 1. The van der Waals surface area contributed by atoms with Gasteiger partial charge in [-0.3, -0.25) is 4.68 Å². The lowest BCUT2D eigenvalue weighted by Gasteiger charge is -2.16. The second-order valence-corrected chi connectivity index (χ2v) is 7.51. The van der Waals surface area contributed by atoms with Crippen LogP contribution in [0.5, 0.6) is 0 Å². The van der Waals surface area contributed by atoms with Crippen LogP contribution >= 0.6 is 0 Å². The molecule has 0 atom stereocenters. The summed E-state index contributed by atoms with van der Waals surface area (Å²) in [6.45, 7) is 6.85. The molecule has 0 spiro atoms. The van der Waals surface area contributed by atoms with E-state index in [2.05, 4.69) is 30.5 Å². The third-order valence-corrected chi connectivity index (χ3v) is 4.27. The molecule has 0 bridgehead atoms. The van der Waals surface area contributed by atoms with Crippen LogP contribution in [-0.2, 0) is 19.6 Å². The summed E-state index contributed by atoms with van der Waals surface area (Å²) in [4.78, 5) is 13.1. The number of aryl methyl sites for hydroxylation is 1. The maximum atomic E-state index is 9.88. The summed E-state index contributed by atoms with van der Waals surface area (Å²) >= 11 is 0. The molecule has 4 aromatic rings. The van der Waals surface area contributed by atoms with Crippen LogP contribution in [0.15, 0.2) is 29.3 Å². The van der Waals surface area contributed by atoms with Gasteiger partial charge in [-0.05, 0) is 20.8 Å². The van der Waals surface area contributed by atoms with Gasteiger partial charge in [0.2, 0.25) is 11.8 Å². The first-order valence-corrected chi connectivity index (χ1v) is 9.16. The highest BCUT2D eigenvalue weighted by molar-refractivity contribution is 5.65. The first-order chi connectivity index (χ1) is 13.8. The molecule has 152 valence electrons. The van der Waals surface area contributed by atoms with Crippen LogP contribution in [0, 0.1) is 6.92 Å². The second-order valence-electron chi connectivity index (χ2n) is 7.51. The Morgan fingerprint density at radius 3 is 2.83 bits per heavy atom. The lowest BCUT2D eigenvalue weighted by Crippen LogP contribution is -2.26. The quantitative estimate of drug-likeness (QED) is 0.414. The Hall–Kier alpha value is -3.31. The van der Waals surface area contributed by atoms with Crippen LogP contribution in [0.1, 0.15) is 30.8 Å². The zero-order chi connectivity index (χ0) is 20.6. The molecule has 11 heteroatoms. The van der Waals surface area contributed by atoms with E-state index in [0.29, 0.717) is 42.7 Å². The van der Waals surface area contributed by atoms with Gasteiger partial charge in [-0.25, -0.2) is 15.0 Å². The molecule has 4 heterocycles. The summed E-state index contributed by atoms with van der Waals surface area (Å²) in [5.41, 5.74) is 8.18. The third-order valence-electron chi connectivity index (χ3n) is 4.27. The second kappa shape index (κ2) is 7.26. The van der Waals surface area contributed by atoms with E-state index < -0.39 is 5.60 Å². The summed E-state index contributed by atoms with van der Waals surface area (Å²) in [5, 5.41) is 21.9. The minimum atomic E-state index is -0.812. The Morgan fingerprint density at radius 2 is 2.10 bits per heavy atom. The van der Waals surface area contributed by atoms with E-state index in [1.165, 1.54) is 10.8 Å². The molecule has 0 radical (unpaired) electrons. The summed E-state index contributed by atoms with van der Waals surface area (Å²) in [6.07, 6.45) is 6.71. The normalized spacial score (nSPS) is 12.1. The number of nitrogen functional groups attached to an aromatic ring is 1. The highest BCUT2D eigenvalue weighted by Crippen LogP contribution is 2.23. The van der Waals surface area contributed by atoms with E-state index in [0.717, 1.165) is 11.1 Å². The summed E-state index contributed by atoms with van der Waals surface area (Å²) in [7, 11) is 0. The standard InChI is InChI=1S/C18H23N9O2/c1-11-14(16-21-4-5-29-16)24-17(19)27-15(11)23-13(25-27)8-20-6-12-7-22-26(9-12)10-18(2,3)28/h4-5,7,9,20,28H,6,8,10H2,1-3H3,(H2,19,24). The SMILES string of the molecule is Cc1c(-c2ncco2)nc(N)n2nc(CNCc3cnn(CC(C)(C)O)c3)nc12. The Bertz CT molecular complexity index is 1120. The van der Waals surface area contributed by atoms with Gasteiger partial charge < -0.3 is 20.6 Å². The highest BCUT2D eigenvalue weighted by atomic mass is 16.3. The van der Waals surface area contributed by atoms with E-state index in [9.17, 15) is 5.11 Å². The minimum Gasteiger partial charge on any atom is -0.443 e. The predicted octanol–water partition coefficient (Wildman–Crippen LogP) is 0.927. The Morgan fingerprint density at radius 1 is 1.28 bits per heavy atom. The number of aromatic nitrogens is 7. The molecule has 0 saturated carbocycles. The fraction of sp³-hybridized carbons (Fsp3) is 0.389.